The molecule has 112 valence electrons. The van der Waals surface area contributed by atoms with Gasteiger partial charge in [0, 0.05) is 0 Å². The summed E-state index contributed by atoms with van der Waals surface area (Å²) >= 11 is 5.80. The van der Waals surface area contributed by atoms with E-state index in [-0.39, 0.29) is 32.8 Å². The highest BCUT2D eigenvalue weighted by Crippen LogP contribution is 2.33. The van der Waals surface area contributed by atoms with Crippen molar-refractivity contribution in [1.29, 1.82) is 0 Å². The summed E-state index contributed by atoms with van der Waals surface area (Å²) in [5, 5.41) is 0.103. The van der Waals surface area contributed by atoms with Gasteiger partial charge >= 0.3 is 10.1 Å². The first kappa shape index (κ1) is 15.3. The fourth-order valence-corrected chi connectivity index (χ4v) is 2.76. The molecule has 0 unspecified atom stereocenters. The average Bonchev–Trinajstić information content (AvgIpc) is 2.44. The molecular weight excluding hydrogens is 316 g/mol. The number of rotatable bonds is 4. The molecule has 0 amide bonds. The highest BCUT2D eigenvalue weighted by Gasteiger charge is 2.21. The number of halogens is 1. The molecule has 21 heavy (non-hydrogen) atoms. The van der Waals surface area contributed by atoms with Crippen molar-refractivity contribution in [1.82, 2.24) is 0 Å². The van der Waals surface area contributed by atoms with E-state index in [1.165, 1.54) is 25.3 Å². The van der Waals surface area contributed by atoms with Crippen molar-refractivity contribution in [3.05, 3.63) is 41.4 Å². The number of ether oxygens (including phenoxy) is 1. The molecule has 0 bridgehead atoms. The first-order valence-electron chi connectivity index (χ1n) is 5.77. The van der Waals surface area contributed by atoms with Gasteiger partial charge in [0.2, 0.25) is 0 Å². The minimum absolute atomic E-state index is 0.0545. The van der Waals surface area contributed by atoms with Crippen LogP contribution in [-0.2, 0) is 10.1 Å². The van der Waals surface area contributed by atoms with Crippen LogP contribution in [0.5, 0.6) is 11.5 Å². The van der Waals surface area contributed by atoms with Crippen LogP contribution in [0.25, 0.3) is 0 Å². The zero-order valence-electron chi connectivity index (χ0n) is 11.0. The van der Waals surface area contributed by atoms with Gasteiger partial charge < -0.3 is 20.4 Å². The Morgan fingerprint density at radius 2 is 1.57 bits per heavy atom. The second-order valence-electron chi connectivity index (χ2n) is 4.10. The summed E-state index contributed by atoms with van der Waals surface area (Å²) in [7, 11) is -2.70. The minimum atomic E-state index is -4.11. The molecule has 0 spiro atoms. The van der Waals surface area contributed by atoms with Crippen LogP contribution < -0.4 is 20.4 Å². The zero-order valence-corrected chi connectivity index (χ0v) is 12.6. The molecule has 2 rings (SSSR count). The first-order chi connectivity index (χ1) is 9.85. The summed E-state index contributed by atoms with van der Waals surface area (Å²) in [6.07, 6.45) is 0. The maximum atomic E-state index is 12.3. The Balaban J connectivity index is 2.44. The van der Waals surface area contributed by atoms with Crippen molar-refractivity contribution in [2.45, 2.75) is 4.90 Å². The smallest absolute Gasteiger partial charge is 0.339 e. The molecule has 0 aromatic heterocycles. The fourth-order valence-electron chi connectivity index (χ4n) is 1.64. The Hall–Kier alpha value is -2.12. The molecule has 2 aromatic rings. The second kappa shape index (κ2) is 5.71. The van der Waals surface area contributed by atoms with Crippen molar-refractivity contribution >= 4 is 33.1 Å². The lowest BCUT2D eigenvalue weighted by Gasteiger charge is -2.12. The summed E-state index contributed by atoms with van der Waals surface area (Å²) in [6.45, 7) is 0. The number of hydrogen-bond acceptors (Lipinski definition) is 6. The maximum Gasteiger partial charge on any atom is 0.339 e. The van der Waals surface area contributed by atoms with Crippen molar-refractivity contribution in [2.24, 2.45) is 0 Å². The molecular formula is C13H13ClN2O4S. The van der Waals surface area contributed by atoms with E-state index >= 15 is 0 Å². The number of hydrogen-bond donors (Lipinski definition) is 2. The van der Waals surface area contributed by atoms with Gasteiger partial charge in [-0.2, -0.15) is 8.42 Å². The second-order valence-corrected chi connectivity index (χ2v) is 6.03. The molecule has 0 aliphatic rings. The van der Waals surface area contributed by atoms with Gasteiger partial charge in [0.15, 0.2) is 11.5 Å². The monoisotopic (exact) mass is 328 g/mol. The van der Waals surface area contributed by atoms with Gasteiger partial charge in [-0.3, -0.25) is 0 Å². The zero-order chi connectivity index (χ0) is 15.6. The topological polar surface area (TPSA) is 105 Å². The van der Waals surface area contributed by atoms with E-state index < -0.39 is 10.1 Å². The SMILES string of the molecule is COc1ccccc1OS(=O)(=O)c1cc(N)c(Cl)c(N)c1. The Morgan fingerprint density at radius 3 is 2.10 bits per heavy atom. The van der Waals surface area contributed by atoms with Gasteiger partial charge in [-0.15, -0.1) is 0 Å². The Morgan fingerprint density at radius 1 is 1.05 bits per heavy atom. The van der Waals surface area contributed by atoms with Crippen LogP contribution in [0.15, 0.2) is 41.3 Å². The van der Waals surface area contributed by atoms with Crippen molar-refractivity contribution in [3.63, 3.8) is 0 Å². The van der Waals surface area contributed by atoms with Gasteiger partial charge in [-0.05, 0) is 24.3 Å². The summed E-state index contributed by atoms with van der Waals surface area (Å²) in [5.74, 6) is 0.350. The molecule has 6 nitrogen and oxygen atoms in total. The van der Waals surface area contributed by atoms with Gasteiger partial charge in [0.1, 0.15) is 4.90 Å². The molecule has 0 atom stereocenters. The van der Waals surface area contributed by atoms with Crippen LogP contribution in [0.2, 0.25) is 5.02 Å². The van der Waals surface area contributed by atoms with Crippen LogP contribution >= 0.6 is 11.6 Å². The normalized spacial score (nSPS) is 11.1. The highest BCUT2D eigenvalue weighted by atomic mass is 35.5. The number of para-hydroxylation sites is 2. The number of nitrogen functional groups attached to an aromatic ring is 2. The maximum absolute atomic E-state index is 12.3. The minimum Gasteiger partial charge on any atom is -0.493 e. The molecule has 0 aliphatic carbocycles. The molecule has 0 heterocycles. The van der Waals surface area contributed by atoms with Crippen LogP contribution in [0.1, 0.15) is 0 Å². The average molecular weight is 329 g/mol. The van der Waals surface area contributed by atoms with E-state index in [1.54, 1.807) is 18.2 Å². The van der Waals surface area contributed by atoms with Crippen molar-refractivity contribution in [2.75, 3.05) is 18.6 Å². The predicted molar refractivity (Wildman–Crippen MR) is 81.1 cm³/mol. The quantitative estimate of drug-likeness (QED) is 0.659. The predicted octanol–water partition coefficient (Wildman–Crippen LogP) is 2.28. The molecule has 0 radical (unpaired) electrons. The van der Waals surface area contributed by atoms with Crippen LogP contribution in [0.4, 0.5) is 11.4 Å². The summed E-state index contributed by atoms with van der Waals surface area (Å²) in [5.41, 5.74) is 11.3. The lowest BCUT2D eigenvalue weighted by atomic mass is 10.3. The van der Waals surface area contributed by atoms with Crippen LogP contribution in [-0.4, -0.2) is 15.5 Å². The van der Waals surface area contributed by atoms with E-state index in [2.05, 4.69) is 0 Å². The molecule has 4 N–H and O–H groups in total. The molecule has 0 aliphatic heterocycles. The lowest BCUT2D eigenvalue weighted by Crippen LogP contribution is -2.11. The van der Waals surface area contributed by atoms with Gasteiger partial charge in [0.05, 0.1) is 23.5 Å². The Kier molecular flexibility index (Phi) is 4.15. The molecule has 0 fully saturated rings. The van der Waals surface area contributed by atoms with Crippen LogP contribution in [0, 0.1) is 0 Å². The van der Waals surface area contributed by atoms with Gasteiger partial charge in [-0.25, -0.2) is 0 Å². The van der Waals surface area contributed by atoms with E-state index in [1.807, 2.05) is 0 Å². The van der Waals surface area contributed by atoms with Gasteiger partial charge in [-0.1, -0.05) is 23.7 Å². The van der Waals surface area contributed by atoms with Crippen molar-refractivity contribution < 1.29 is 17.3 Å². The van der Waals surface area contributed by atoms with E-state index in [0.717, 1.165) is 0 Å². The van der Waals surface area contributed by atoms with E-state index in [9.17, 15) is 8.42 Å². The van der Waals surface area contributed by atoms with Gasteiger partial charge in [0.25, 0.3) is 0 Å². The summed E-state index contributed by atoms with van der Waals surface area (Å²) in [6, 6.07) is 8.73. The number of nitrogens with two attached hydrogens (primary N) is 2. The summed E-state index contributed by atoms with van der Waals surface area (Å²) in [4.78, 5) is -0.187. The van der Waals surface area contributed by atoms with Crippen molar-refractivity contribution in [3.8, 4) is 11.5 Å². The fraction of sp³-hybridized carbons (Fsp3) is 0.0769. The van der Waals surface area contributed by atoms with E-state index in [0.29, 0.717) is 0 Å². The third kappa shape index (κ3) is 3.14. The number of benzene rings is 2. The largest absolute Gasteiger partial charge is 0.493 e. The highest BCUT2D eigenvalue weighted by molar-refractivity contribution is 7.87. The molecule has 2 aromatic carbocycles. The Labute approximate surface area is 127 Å². The third-order valence-electron chi connectivity index (χ3n) is 2.66. The van der Waals surface area contributed by atoms with Crippen LogP contribution in [0.3, 0.4) is 0 Å². The number of anilines is 2. The summed E-state index contributed by atoms with van der Waals surface area (Å²) < 4.78 is 34.6. The third-order valence-corrected chi connectivity index (χ3v) is 4.31. The molecule has 0 saturated heterocycles. The number of methoxy groups -OCH3 is 1. The lowest BCUT2D eigenvalue weighted by molar-refractivity contribution is 0.390. The Bertz CT molecular complexity index is 754. The first-order valence-corrected chi connectivity index (χ1v) is 7.56. The van der Waals surface area contributed by atoms with E-state index in [4.69, 9.17) is 32.0 Å². The standard InChI is InChI=1S/C13H13ClN2O4S/c1-19-11-4-2-3-5-12(11)20-21(17,18)8-6-9(15)13(14)10(16)7-8/h2-7H,15-16H2,1H3. The molecule has 8 heteroatoms. The molecule has 0 saturated carbocycles.